The molecular formula is C15H20Cl2N2O2. The summed E-state index contributed by atoms with van der Waals surface area (Å²) in [4.78, 5) is 13.6. The number of hydrogen-bond acceptors (Lipinski definition) is 3. The average molecular weight is 331 g/mol. The van der Waals surface area contributed by atoms with E-state index in [1.165, 1.54) is 0 Å². The Labute approximate surface area is 135 Å². The van der Waals surface area contributed by atoms with Gasteiger partial charge in [-0.15, -0.1) is 0 Å². The first-order valence-electron chi connectivity index (χ1n) is 7.08. The maximum Gasteiger partial charge on any atom is 0.236 e. The first kappa shape index (κ1) is 16.6. The number of carbonyl (C=O) groups is 1. The van der Waals surface area contributed by atoms with Gasteiger partial charge in [0.15, 0.2) is 0 Å². The molecule has 4 nitrogen and oxygen atoms in total. The predicted molar refractivity (Wildman–Crippen MR) is 84.8 cm³/mol. The summed E-state index contributed by atoms with van der Waals surface area (Å²) in [6, 6.07) is 5.52. The lowest BCUT2D eigenvalue weighted by atomic mass is 10.1. The summed E-state index contributed by atoms with van der Waals surface area (Å²) >= 11 is 11.9. The van der Waals surface area contributed by atoms with Gasteiger partial charge in [-0.3, -0.25) is 4.79 Å². The van der Waals surface area contributed by atoms with Gasteiger partial charge in [-0.25, -0.2) is 0 Å². The van der Waals surface area contributed by atoms with E-state index in [1.54, 1.807) is 13.1 Å². The molecule has 1 amide bonds. The summed E-state index contributed by atoms with van der Waals surface area (Å²) in [7, 11) is 1.78. The van der Waals surface area contributed by atoms with Crippen molar-refractivity contribution in [3.8, 4) is 0 Å². The summed E-state index contributed by atoms with van der Waals surface area (Å²) in [6.45, 7) is 2.43. The van der Waals surface area contributed by atoms with E-state index in [2.05, 4.69) is 5.32 Å². The van der Waals surface area contributed by atoms with Crippen LogP contribution in [0.4, 0.5) is 0 Å². The highest BCUT2D eigenvalue weighted by molar-refractivity contribution is 6.42. The van der Waals surface area contributed by atoms with Gasteiger partial charge in [0.2, 0.25) is 5.91 Å². The fourth-order valence-electron chi connectivity index (χ4n) is 2.38. The molecule has 1 fully saturated rings. The second kappa shape index (κ2) is 7.99. The summed E-state index contributed by atoms with van der Waals surface area (Å²) in [5.41, 5.74) is 1.01. The van der Waals surface area contributed by atoms with Crippen molar-refractivity contribution < 1.29 is 9.53 Å². The molecule has 1 N–H and O–H groups in total. The highest BCUT2D eigenvalue weighted by atomic mass is 35.5. The number of nitrogens with zero attached hydrogens (tertiary/aromatic N) is 1. The van der Waals surface area contributed by atoms with Crippen molar-refractivity contribution in [1.82, 2.24) is 10.2 Å². The van der Waals surface area contributed by atoms with Gasteiger partial charge in [-0.05, 0) is 37.6 Å². The topological polar surface area (TPSA) is 41.6 Å². The number of rotatable bonds is 5. The van der Waals surface area contributed by atoms with Crippen LogP contribution in [0.15, 0.2) is 18.2 Å². The Hall–Kier alpha value is -0.810. The van der Waals surface area contributed by atoms with Gasteiger partial charge in [-0.1, -0.05) is 29.3 Å². The summed E-state index contributed by atoms with van der Waals surface area (Å²) in [5.74, 6) is 0.153. The number of benzene rings is 1. The zero-order chi connectivity index (χ0) is 15.2. The normalized spacial score (nSPS) is 16.2. The van der Waals surface area contributed by atoms with E-state index in [0.29, 0.717) is 23.2 Å². The van der Waals surface area contributed by atoms with Crippen molar-refractivity contribution in [1.29, 1.82) is 0 Å². The lowest BCUT2D eigenvalue weighted by Gasteiger charge is -2.32. The van der Waals surface area contributed by atoms with E-state index in [0.717, 1.165) is 31.5 Å². The Morgan fingerprint density at radius 3 is 2.67 bits per heavy atom. The molecule has 1 aliphatic rings. The second-order valence-corrected chi connectivity index (χ2v) is 5.98. The molecule has 0 atom stereocenters. The number of carbonyl (C=O) groups excluding carboxylic acids is 1. The third kappa shape index (κ3) is 4.85. The highest BCUT2D eigenvalue weighted by Gasteiger charge is 2.22. The lowest BCUT2D eigenvalue weighted by molar-refractivity contribution is -0.132. The Morgan fingerprint density at radius 1 is 1.33 bits per heavy atom. The first-order chi connectivity index (χ1) is 10.1. The number of halogens is 2. The van der Waals surface area contributed by atoms with E-state index in [1.807, 2.05) is 17.0 Å². The molecule has 0 aromatic heterocycles. The van der Waals surface area contributed by atoms with E-state index < -0.39 is 0 Å². The molecule has 0 spiro atoms. The van der Waals surface area contributed by atoms with E-state index >= 15 is 0 Å². The average Bonchev–Trinajstić information content (AvgIpc) is 2.49. The highest BCUT2D eigenvalue weighted by Crippen LogP contribution is 2.23. The maximum atomic E-state index is 11.7. The maximum absolute atomic E-state index is 11.7. The summed E-state index contributed by atoms with van der Waals surface area (Å²) < 4.78 is 5.90. The van der Waals surface area contributed by atoms with Gasteiger partial charge in [0, 0.05) is 13.1 Å². The smallest absolute Gasteiger partial charge is 0.236 e. The number of amides is 1. The number of ether oxygens (including phenoxy) is 1. The van der Waals surface area contributed by atoms with Gasteiger partial charge in [0.1, 0.15) is 0 Å². The van der Waals surface area contributed by atoms with Crippen LogP contribution in [0.5, 0.6) is 0 Å². The molecule has 0 bridgehead atoms. The minimum absolute atomic E-state index is 0.153. The van der Waals surface area contributed by atoms with Crippen LogP contribution in [-0.2, 0) is 16.1 Å². The molecular weight excluding hydrogens is 311 g/mol. The molecule has 0 radical (unpaired) electrons. The van der Waals surface area contributed by atoms with Crippen molar-refractivity contribution in [3.63, 3.8) is 0 Å². The molecule has 1 aromatic carbocycles. The standard InChI is InChI=1S/C15H20Cl2N2O2/c1-18-9-15(20)19-6-4-12(5-7-19)21-10-11-2-3-13(16)14(17)8-11/h2-3,8,12,18H,4-7,9-10H2,1H3. The third-order valence-corrected chi connectivity index (χ3v) is 4.33. The van der Waals surface area contributed by atoms with E-state index in [9.17, 15) is 4.79 Å². The Bertz CT molecular complexity index is 489. The zero-order valence-electron chi connectivity index (χ0n) is 12.1. The zero-order valence-corrected chi connectivity index (χ0v) is 13.6. The minimum Gasteiger partial charge on any atom is -0.373 e. The fourth-order valence-corrected chi connectivity index (χ4v) is 2.70. The van der Waals surface area contributed by atoms with Gasteiger partial charge < -0.3 is 15.0 Å². The quantitative estimate of drug-likeness (QED) is 0.902. The SMILES string of the molecule is CNCC(=O)N1CCC(OCc2ccc(Cl)c(Cl)c2)CC1. The summed E-state index contributed by atoms with van der Waals surface area (Å²) in [6.07, 6.45) is 1.94. The Kier molecular flexibility index (Phi) is 6.30. The van der Waals surface area contributed by atoms with Gasteiger partial charge >= 0.3 is 0 Å². The van der Waals surface area contributed by atoms with Crippen LogP contribution < -0.4 is 5.32 Å². The molecule has 1 aliphatic heterocycles. The number of likely N-dealkylation sites (N-methyl/N-ethyl adjacent to an activating group) is 1. The Morgan fingerprint density at radius 2 is 2.05 bits per heavy atom. The van der Waals surface area contributed by atoms with Crippen LogP contribution in [-0.4, -0.2) is 43.6 Å². The van der Waals surface area contributed by atoms with Gasteiger partial charge in [0.25, 0.3) is 0 Å². The largest absolute Gasteiger partial charge is 0.373 e. The van der Waals surface area contributed by atoms with Crippen LogP contribution in [0.1, 0.15) is 18.4 Å². The molecule has 2 rings (SSSR count). The van der Waals surface area contributed by atoms with Crippen LogP contribution >= 0.6 is 23.2 Å². The van der Waals surface area contributed by atoms with Crippen molar-refractivity contribution in [2.45, 2.75) is 25.6 Å². The monoisotopic (exact) mass is 330 g/mol. The van der Waals surface area contributed by atoms with Crippen molar-refractivity contribution >= 4 is 29.1 Å². The Balaban J connectivity index is 1.76. The number of likely N-dealkylation sites (tertiary alicyclic amines) is 1. The van der Waals surface area contributed by atoms with Crippen LogP contribution in [0.2, 0.25) is 10.0 Å². The number of nitrogens with one attached hydrogen (secondary N) is 1. The lowest BCUT2D eigenvalue weighted by Crippen LogP contribution is -2.44. The van der Waals surface area contributed by atoms with Gasteiger partial charge in [0.05, 0.1) is 29.3 Å². The molecule has 6 heteroatoms. The molecule has 0 unspecified atom stereocenters. The molecule has 1 heterocycles. The minimum atomic E-state index is 0.153. The summed E-state index contributed by atoms with van der Waals surface area (Å²) in [5, 5.41) is 3.99. The first-order valence-corrected chi connectivity index (χ1v) is 7.83. The van der Waals surface area contributed by atoms with E-state index in [4.69, 9.17) is 27.9 Å². The second-order valence-electron chi connectivity index (χ2n) is 5.17. The number of piperidine rings is 1. The van der Waals surface area contributed by atoms with Crippen LogP contribution in [0.25, 0.3) is 0 Å². The molecule has 0 aliphatic carbocycles. The predicted octanol–water partition coefficient (Wildman–Crippen LogP) is 2.72. The van der Waals surface area contributed by atoms with Crippen LogP contribution in [0, 0.1) is 0 Å². The van der Waals surface area contributed by atoms with E-state index in [-0.39, 0.29) is 12.0 Å². The molecule has 116 valence electrons. The van der Waals surface area contributed by atoms with Crippen LogP contribution in [0.3, 0.4) is 0 Å². The number of hydrogen-bond donors (Lipinski definition) is 1. The van der Waals surface area contributed by atoms with Crippen molar-refractivity contribution in [2.24, 2.45) is 0 Å². The van der Waals surface area contributed by atoms with Gasteiger partial charge in [-0.2, -0.15) is 0 Å². The van der Waals surface area contributed by atoms with Crippen molar-refractivity contribution in [2.75, 3.05) is 26.7 Å². The molecule has 0 saturated carbocycles. The third-order valence-electron chi connectivity index (χ3n) is 3.59. The molecule has 1 aromatic rings. The fraction of sp³-hybridized carbons (Fsp3) is 0.533. The van der Waals surface area contributed by atoms with Crippen molar-refractivity contribution in [3.05, 3.63) is 33.8 Å². The molecule has 1 saturated heterocycles. The molecule has 21 heavy (non-hydrogen) atoms.